The minimum absolute atomic E-state index is 0.00188. The number of rotatable bonds is 0. The molecule has 0 radical (unpaired) electrons. The van der Waals surface area contributed by atoms with Gasteiger partial charge in [-0.15, -0.1) is 0 Å². The quantitative estimate of drug-likeness (QED) is 0.677. The first-order valence-corrected chi connectivity index (χ1v) is 6.63. The molecule has 4 heteroatoms. The number of hydrogen-bond donors (Lipinski definition) is 0. The van der Waals surface area contributed by atoms with Crippen molar-refractivity contribution in [3.63, 3.8) is 0 Å². The molecule has 0 aliphatic carbocycles. The van der Waals surface area contributed by atoms with Crippen LogP contribution in [0.25, 0.3) is 0 Å². The smallest absolute Gasteiger partial charge is 0.410 e. The van der Waals surface area contributed by atoms with Crippen LogP contribution >= 0.6 is 0 Å². The first-order chi connectivity index (χ1) is 8.42. The highest BCUT2D eigenvalue weighted by molar-refractivity contribution is 6.00. The van der Waals surface area contributed by atoms with Crippen LogP contribution in [-0.4, -0.2) is 35.5 Å². The van der Waals surface area contributed by atoms with Crippen LogP contribution in [-0.2, 0) is 9.53 Å². The molecule has 1 heterocycles. The van der Waals surface area contributed by atoms with Gasteiger partial charge in [0.25, 0.3) is 0 Å². The Balaban J connectivity index is 2.94. The molecule has 0 aromatic carbocycles. The molecule has 0 fully saturated rings. The molecular weight excluding hydrogens is 242 g/mol. The molecule has 0 atom stereocenters. The Morgan fingerprint density at radius 3 is 2.05 bits per heavy atom. The van der Waals surface area contributed by atoms with Crippen LogP contribution in [0.4, 0.5) is 4.79 Å². The van der Waals surface area contributed by atoms with Crippen molar-refractivity contribution in [1.29, 1.82) is 0 Å². The number of hydrogen-bond acceptors (Lipinski definition) is 3. The maximum absolute atomic E-state index is 12.1. The zero-order chi connectivity index (χ0) is 15.0. The van der Waals surface area contributed by atoms with Gasteiger partial charge in [-0.25, -0.2) is 4.79 Å². The monoisotopic (exact) mass is 267 g/mol. The Kier molecular flexibility index (Phi) is 4.13. The van der Waals surface area contributed by atoms with E-state index < -0.39 is 11.7 Å². The molecule has 0 aromatic rings. The molecule has 1 rings (SSSR count). The van der Waals surface area contributed by atoms with Gasteiger partial charge in [0.05, 0.1) is 6.54 Å². The second-order valence-corrected chi connectivity index (χ2v) is 7.11. The van der Waals surface area contributed by atoms with Crippen molar-refractivity contribution in [1.82, 2.24) is 4.90 Å². The van der Waals surface area contributed by atoms with Crippen LogP contribution < -0.4 is 0 Å². The molecule has 4 nitrogen and oxygen atoms in total. The van der Waals surface area contributed by atoms with E-state index in [0.717, 1.165) is 11.1 Å². The Labute approximate surface area is 115 Å². The molecule has 0 saturated heterocycles. The number of ether oxygens (including phenoxy) is 1. The van der Waals surface area contributed by atoms with Gasteiger partial charge in [0.1, 0.15) is 5.60 Å². The fourth-order valence-corrected chi connectivity index (χ4v) is 2.08. The zero-order valence-corrected chi connectivity index (χ0v) is 13.1. The molecule has 108 valence electrons. The molecule has 0 N–H and O–H groups in total. The Morgan fingerprint density at radius 2 is 1.63 bits per heavy atom. The van der Waals surface area contributed by atoms with Gasteiger partial charge in [-0.2, -0.15) is 0 Å². The Bertz CT molecular complexity index is 422. The summed E-state index contributed by atoms with van der Waals surface area (Å²) in [7, 11) is 0. The Hall–Kier alpha value is -1.32. The maximum Gasteiger partial charge on any atom is 0.410 e. The van der Waals surface area contributed by atoms with E-state index in [2.05, 4.69) is 20.8 Å². The van der Waals surface area contributed by atoms with Crippen LogP contribution in [0.2, 0.25) is 0 Å². The summed E-state index contributed by atoms with van der Waals surface area (Å²) in [5.41, 5.74) is 1.13. The predicted octanol–water partition coefficient (Wildman–Crippen LogP) is 3.17. The molecule has 0 unspecified atom stereocenters. The van der Waals surface area contributed by atoms with E-state index in [1.807, 2.05) is 27.7 Å². The molecule has 19 heavy (non-hydrogen) atoms. The van der Waals surface area contributed by atoms with Crippen molar-refractivity contribution in [3.8, 4) is 0 Å². The van der Waals surface area contributed by atoms with Crippen molar-refractivity contribution in [3.05, 3.63) is 11.1 Å². The molecule has 1 amide bonds. The lowest BCUT2D eigenvalue weighted by Crippen LogP contribution is -2.45. The third kappa shape index (κ3) is 4.08. The minimum Gasteiger partial charge on any atom is -0.444 e. The zero-order valence-electron chi connectivity index (χ0n) is 13.1. The third-order valence-electron chi connectivity index (χ3n) is 3.11. The lowest BCUT2D eigenvalue weighted by atomic mass is 9.80. The second kappa shape index (κ2) is 4.99. The lowest BCUT2D eigenvalue weighted by molar-refractivity contribution is -0.117. The summed E-state index contributed by atoms with van der Waals surface area (Å²) in [4.78, 5) is 25.6. The van der Waals surface area contributed by atoms with Crippen molar-refractivity contribution < 1.29 is 14.3 Å². The highest BCUT2D eigenvalue weighted by Gasteiger charge is 2.33. The largest absolute Gasteiger partial charge is 0.444 e. The summed E-state index contributed by atoms with van der Waals surface area (Å²) in [5.74, 6) is 0.00188. The fourth-order valence-electron chi connectivity index (χ4n) is 2.08. The van der Waals surface area contributed by atoms with Gasteiger partial charge in [-0.3, -0.25) is 9.69 Å². The third-order valence-corrected chi connectivity index (χ3v) is 3.11. The topological polar surface area (TPSA) is 46.6 Å². The molecule has 0 spiro atoms. The van der Waals surface area contributed by atoms with Gasteiger partial charge in [-0.05, 0) is 44.3 Å². The van der Waals surface area contributed by atoms with Gasteiger partial charge < -0.3 is 4.74 Å². The number of carbonyl (C=O) groups excluding carboxylic acids is 2. The average molecular weight is 267 g/mol. The van der Waals surface area contributed by atoms with Gasteiger partial charge in [-0.1, -0.05) is 20.8 Å². The van der Waals surface area contributed by atoms with Gasteiger partial charge in [0.2, 0.25) is 0 Å². The first kappa shape index (κ1) is 15.7. The average Bonchev–Trinajstić information content (AvgIpc) is 2.17. The van der Waals surface area contributed by atoms with Crippen LogP contribution in [0.5, 0.6) is 0 Å². The van der Waals surface area contributed by atoms with Crippen molar-refractivity contribution >= 4 is 11.9 Å². The van der Waals surface area contributed by atoms with E-state index in [9.17, 15) is 9.59 Å². The van der Waals surface area contributed by atoms with E-state index in [-0.39, 0.29) is 17.7 Å². The molecular formula is C15H25NO3. The van der Waals surface area contributed by atoms with E-state index >= 15 is 0 Å². The number of amides is 1. The van der Waals surface area contributed by atoms with Gasteiger partial charge in [0, 0.05) is 6.54 Å². The minimum atomic E-state index is -0.543. The standard InChI is InChI=1S/C15H25NO3/c1-10-11(14(2,3)4)8-16(9-12(10)17)13(18)19-15(5,6)7/h8-9H2,1-7H3. The number of Topliss-reactive ketones (excluding diaryl/α,β-unsaturated/α-hetero) is 1. The lowest BCUT2D eigenvalue weighted by Gasteiger charge is -2.35. The highest BCUT2D eigenvalue weighted by Crippen LogP contribution is 2.32. The van der Waals surface area contributed by atoms with E-state index in [4.69, 9.17) is 4.74 Å². The molecule has 1 aliphatic heterocycles. The molecule has 0 saturated carbocycles. The van der Waals surface area contributed by atoms with Crippen LogP contribution in [0.15, 0.2) is 11.1 Å². The first-order valence-electron chi connectivity index (χ1n) is 6.63. The van der Waals surface area contributed by atoms with E-state index in [1.54, 1.807) is 0 Å². The van der Waals surface area contributed by atoms with E-state index in [1.165, 1.54) is 4.90 Å². The molecule has 0 bridgehead atoms. The van der Waals surface area contributed by atoms with Crippen LogP contribution in [0.1, 0.15) is 48.5 Å². The maximum atomic E-state index is 12.1. The second-order valence-electron chi connectivity index (χ2n) is 7.11. The van der Waals surface area contributed by atoms with Crippen LogP contribution in [0, 0.1) is 5.41 Å². The molecule has 1 aliphatic rings. The SMILES string of the molecule is CC1=C(C(C)(C)C)CN(C(=O)OC(C)(C)C)CC1=O. The summed E-state index contributed by atoms with van der Waals surface area (Å²) in [6.45, 7) is 14.0. The van der Waals surface area contributed by atoms with Crippen LogP contribution in [0.3, 0.4) is 0 Å². The Morgan fingerprint density at radius 1 is 1.11 bits per heavy atom. The predicted molar refractivity (Wildman–Crippen MR) is 75.0 cm³/mol. The number of carbonyl (C=O) groups is 2. The van der Waals surface area contributed by atoms with E-state index in [0.29, 0.717) is 6.54 Å². The summed E-state index contributed by atoms with van der Waals surface area (Å²) in [5, 5.41) is 0. The number of nitrogens with zero attached hydrogens (tertiary/aromatic N) is 1. The number of ketones is 1. The van der Waals surface area contributed by atoms with Crippen molar-refractivity contribution in [2.75, 3.05) is 13.1 Å². The summed E-state index contributed by atoms with van der Waals surface area (Å²) in [6.07, 6.45) is -0.421. The van der Waals surface area contributed by atoms with Gasteiger partial charge in [0.15, 0.2) is 5.78 Å². The van der Waals surface area contributed by atoms with Crippen molar-refractivity contribution in [2.24, 2.45) is 5.41 Å². The summed E-state index contributed by atoms with van der Waals surface area (Å²) in [6, 6.07) is 0. The summed E-state index contributed by atoms with van der Waals surface area (Å²) < 4.78 is 5.33. The normalized spacial score (nSPS) is 17.8. The van der Waals surface area contributed by atoms with Gasteiger partial charge >= 0.3 is 6.09 Å². The van der Waals surface area contributed by atoms with Crippen molar-refractivity contribution in [2.45, 2.75) is 54.1 Å². The fraction of sp³-hybridized carbons (Fsp3) is 0.733. The molecule has 0 aromatic heterocycles. The summed E-state index contributed by atoms with van der Waals surface area (Å²) >= 11 is 0. The highest BCUT2D eigenvalue weighted by atomic mass is 16.6.